The van der Waals surface area contributed by atoms with Crippen molar-refractivity contribution in [1.29, 1.82) is 0 Å². The summed E-state index contributed by atoms with van der Waals surface area (Å²) in [6.07, 6.45) is 2.63. The highest BCUT2D eigenvalue weighted by atomic mass is 32.2. The molecule has 2 atom stereocenters. The standard InChI is InChI=1S/C14H21N3O3S/c1-10-4-3-7-16-13(10)9-14(18)17-11-5-2-6-12(8-11)21(15,19)20/h2,5-6,8,10,13,16H,3-4,7,9H2,1H3,(H,17,18)(H2,15,19,20). The molecule has 1 aromatic rings. The molecule has 1 aliphatic heterocycles. The van der Waals surface area contributed by atoms with Crippen LogP contribution in [-0.2, 0) is 14.8 Å². The third kappa shape index (κ3) is 4.52. The van der Waals surface area contributed by atoms with Crippen molar-refractivity contribution in [2.75, 3.05) is 11.9 Å². The smallest absolute Gasteiger partial charge is 0.238 e. The molecule has 0 aliphatic carbocycles. The van der Waals surface area contributed by atoms with Gasteiger partial charge in [0.2, 0.25) is 15.9 Å². The van der Waals surface area contributed by atoms with Crippen LogP contribution in [0.3, 0.4) is 0 Å². The monoisotopic (exact) mass is 311 g/mol. The highest BCUT2D eigenvalue weighted by molar-refractivity contribution is 7.89. The third-order valence-corrected chi connectivity index (χ3v) is 4.69. The fraction of sp³-hybridized carbons (Fsp3) is 0.500. The van der Waals surface area contributed by atoms with Gasteiger partial charge in [-0.2, -0.15) is 0 Å². The number of carbonyl (C=O) groups is 1. The summed E-state index contributed by atoms with van der Waals surface area (Å²) in [5, 5.41) is 11.1. The second-order valence-electron chi connectivity index (χ2n) is 5.51. The molecule has 0 spiro atoms. The van der Waals surface area contributed by atoms with Crippen LogP contribution in [0.1, 0.15) is 26.2 Å². The minimum Gasteiger partial charge on any atom is -0.326 e. The van der Waals surface area contributed by atoms with E-state index in [1.54, 1.807) is 12.1 Å². The van der Waals surface area contributed by atoms with Crippen molar-refractivity contribution in [1.82, 2.24) is 5.32 Å². The summed E-state index contributed by atoms with van der Waals surface area (Å²) < 4.78 is 22.6. The predicted octanol–water partition coefficient (Wildman–Crippen LogP) is 1.05. The number of nitrogens with one attached hydrogen (secondary N) is 2. The number of primary sulfonamides is 1. The first-order valence-corrected chi connectivity index (χ1v) is 8.57. The molecule has 4 N–H and O–H groups in total. The predicted molar refractivity (Wildman–Crippen MR) is 81.3 cm³/mol. The number of benzene rings is 1. The fourth-order valence-electron chi connectivity index (χ4n) is 2.55. The maximum absolute atomic E-state index is 12.1. The van der Waals surface area contributed by atoms with Crippen molar-refractivity contribution in [3.8, 4) is 0 Å². The van der Waals surface area contributed by atoms with E-state index >= 15 is 0 Å². The van der Waals surface area contributed by atoms with Gasteiger partial charge in [0.05, 0.1) is 4.90 Å². The molecule has 1 aliphatic rings. The van der Waals surface area contributed by atoms with Gasteiger partial charge in [0.25, 0.3) is 0 Å². The van der Waals surface area contributed by atoms with E-state index in [1.165, 1.54) is 12.1 Å². The van der Waals surface area contributed by atoms with Gasteiger partial charge in [0, 0.05) is 18.2 Å². The van der Waals surface area contributed by atoms with Gasteiger partial charge in [0.15, 0.2) is 0 Å². The maximum atomic E-state index is 12.1. The van der Waals surface area contributed by atoms with E-state index < -0.39 is 10.0 Å². The Labute approximate surface area is 125 Å². The van der Waals surface area contributed by atoms with E-state index in [9.17, 15) is 13.2 Å². The van der Waals surface area contributed by atoms with Crippen molar-refractivity contribution in [3.63, 3.8) is 0 Å². The van der Waals surface area contributed by atoms with Crippen LogP contribution in [0.2, 0.25) is 0 Å². The Balaban J connectivity index is 1.99. The van der Waals surface area contributed by atoms with Crippen LogP contribution in [0.5, 0.6) is 0 Å². The number of hydrogen-bond donors (Lipinski definition) is 3. The molecule has 0 radical (unpaired) electrons. The van der Waals surface area contributed by atoms with Gasteiger partial charge in [-0.3, -0.25) is 4.79 Å². The van der Waals surface area contributed by atoms with Crippen LogP contribution in [0, 0.1) is 5.92 Å². The van der Waals surface area contributed by atoms with Crippen molar-refractivity contribution in [2.24, 2.45) is 11.1 Å². The maximum Gasteiger partial charge on any atom is 0.238 e. The molecule has 0 aromatic heterocycles. The molecule has 1 aromatic carbocycles. The van der Waals surface area contributed by atoms with Gasteiger partial charge in [-0.25, -0.2) is 13.6 Å². The minimum atomic E-state index is -3.76. The highest BCUT2D eigenvalue weighted by Crippen LogP contribution is 2.19. The second-order valence-corrected chi connectivity index (χ2v) is 7.07. The Hall–Kier alpha value is -1.44. The fourth-order valence-corrected chi connectivity index (χ4v) is 3.11. The third-order valence-electron chi connectivity index (χ3n) is 3.78. The summed E-state index contributed by atoms with van der Waals surface area (Å²) in [4.78, 5) is 12.0. The minimum absolute atomic E-state index is 0.00976. The first kappa shape index (κ1) is 15.9. The summed E-state index contributed by atoms with van der Waals surface area (Å²) in [7, 11) is -3.76. The first-order chi connectivity index (χ1) is 9.86. The van der Waals surface area contributed by atoms with Gasteiger partial charge in [-0.15, -0.1) is 0 Å². The molecule has 1 amide bonds. The van der Waals surface area contributed by atoms with E-state index in [-0.39, 0.29) is 16.8 Å². The van der Waals surface area contributed by atoms with Crippen LogP contribution in [0.25, 0.3) is 0 Å². The molecule has 0 bridgehead atoms. The van der Waals surface area contributed by atoms with Crippen molar-refractivity contribution >= 4 is 21.6 Å². The Kier molecular flexibility index (Phi) is 4.97. The number of rotatable bonds is 4. The molecule has 2 rings (SSSR count). The zero-order valence-corrected chi connectivity index (χ0v) is 12.8. The van der Waals surface area contributed by atoms with Crippen LogP contribution < -0.4 is 15.8 Å². The number of nitrogens with two attached hydrogens (primary N) is 1. The topological polar surface area (TPSA) is 101 Å². The number of carbonyl (C=O) groups excluding carboxylic acids is 1. The van der Waals surface area contributed by atoms with Gasteiger partial charge < -0.3 is 10.6 Å². The van der Waals surface area contributed by atoms with Crippen molar-refractivity contribution < 1.29 is 13.2 Å². The summed E-state index contributed by atoms with van der Waals surface area (Å²) in [5.41, 5.74) is 0.440. The Morgan fingerprint density at radius 2 is 2.24 bits per heavy atom. The van der Waals surface area contributed by atoms with Crippen LogP contribution in [0.4, 0.5) is 5.69 Å². The highest BCUT2D eigenvalue weighted by Gasteiger charge is 2.23. The lowest BCUT2D eigenvalue weighted by Crippen LogP contribution is -2.42. The Morgan fingerprint density at radius 3 is 2.90 bits per heavy atom. The summed E-state index contributed by atoms with van der Waals surface area (Å²) in [5.74, 6) is 0.327. The largest absolute Gasteiger partial charge is 0.326 e. The summed E-state index contributed by atoms with van der Waals surface area (Å²) in [6.45, 7) is 3.06. The van der Waals surface area contributed by atoms with E-state index in [0.717, 1.165) is 19.4 Å². The van der Waals surface area contributed by atoms with E-state index in [0.29, 0.717) is 18.0 Å². The molecule has 6 nitrogen and oxygen atoms in total. The van der Waals surface area contributed by atoms with Gasteiger partial charge in [-0.05, 0) is 43.5 Å². The van der Waals surface area contributed by atoms with E-state index in [4.69, 9.17) is 5.14 Å². The van der Waals surface area contributed by atoms with E-state index in [2.05, 4.69) is 17.6 Å². The van der Waals surface area contributed by atoms with Crippen LogP contribution in [-0.4, -0.2) is 26.9 Å². The molecule has 1 fully saturated rings. The molecular formula is C14H21N3O3S. The normalized spacial score (nSPS) is 22.8. The quantitative estimate of drug-likeness (QED) is 0.773. The lowest BCUT2D eigenvalue weighted by Gasteiger charge is -2.29. The molecule has 21 heavy (non-hydrogen) atoms. The SMILES string of the molecule is CC1CCCNC1CC(=O)Nc1cccc(S(N)(=O)=O)c1. The second kappa shape index (κ2) is 6.55. The molecule has 1 heterocycles. The number of amides is 1. The molecule has 2 unspecified atom stereocenters. The molecular weight excluding hydrogens is 290 g/mol. The zero-order valence-electron chi connectivity index (χ0n) is 12.0. The number of piperidine rings is 1. The number of anilines is 1. The van der Waals surface area contributed by atoms with Crippen molar-refractivity contribution in [3.05, 3.63) is 24.3 Å². The van der Waals surface area contributed by atoms with Crippen molar-refractivity contribution in [2.45, 2.75) is 37.1 Å². The molecule has 0 saturated carbocycles. The van der Waals surface area contributed by atoms with Gasteiger partial charge >= 0.3 is 0 Å². The Bertz CT molecular complexity index is 616. The number of hydrogen-bond acceptors (Lipinski definition) is 4. The molecule has 1 saturated heterocycles. The van der Waals surface area contributed by atoms with Crippen LogP contribution >= 0.6 is 0 Å². The zero-order chi connectivity index (χ0) is 15.5. The molecule has 116 valence electrons. The summed E-state index contributed by atoms with van der Waals surface area (Å²) in [6, 6.07) is 6.13. The Morgan fingerprint density at radius 1 is 1.48 bits per heavy atom. The average Bonchev–Trinajstić information content (AvgIpc) is 2.41. The van der Waals surface area contributed by atoms with Crippen LogP contribution in [0.15, 0.2) is 29.2 Å². The van der Waals surface area contributed by atoms with E-state index in [1.807, 2.05) is 0 Å². The average molecular weight is 311 g/mol. The summed E-state index contributed by atoms with van der Waals surface area (Å²) >= 11 is 0. The number of sulfonamides is 1. The lowest BCUT2D eigenvalue weighted by molar-refractivity contribution is -0.117. The van der Waals surface area contributed by atoms with Gasteiger partial charge in [-0.1, -0.05) is 13.0 Å². The molecule has 7 heteroatoms. The first-order valence-electron chi connectivity index (χ1n) is 7.02. The van der Waals surface area contributed by atoms with Gasteiger partial charge in [0.1, 0.15) is 0 Å². The lowest BCUT2D eigenvalue weighted by atomic mass is 9.90.